The average molecular weight is 321 g/mol. The van der Waals surface area contributed by atoms with Gasteiger partial charge >= 0.3 is 12.1 Å². The minimum atomic E-state index is -0.986. The van der Waals surface area contributed by atoms with Crippen molar-refractivity contribution in [3.8, 4) is 0 Å². The van der Waals surface area contributed by atoms with Crippen LogP contribution in [0.15, 0.2) is 24.3 Å². The van der Waals surface area contributed by atoms with Crippen molar-refractivity contribution in [2.45, 2.75) is 38.8 Å². The first kappa shape index (κ1) is 17.3. The van der Waals surface area contributed by atoms with E-state index in [1.54, 1.807) is 17.0 Å². The zero-order valence-corrected chi connectivity index (χ0v) is 13.7. The van der Waals surface area contributed by atoms with Crippen LogP contribution in [0, 0.1) is 0 Å². The van der Waals surface area contributed by atoms with Crippen molar-refractivity contribution in [3.05, 3.63) is 35.4 Å². The number of hydrogen-bond donors (Lipinski definition) is 1. The maximum Gasteiger partial charge on any atom is 0.410 e. The van der Waals surface area contributed by atoms with E-state index in [1.165, 1.54) is 6.07 Å². The summed E-state index contributed by atoms with van der Waals surface area (Å²) in [6.07, 6.45) is 0.191. The van der Waals surface area contributed by atoms with E-state index in [0.717, 1.165) is 5.56 Å². The number of ether oxygens (including phenoxy) is 2. The Kier molecular flexibility index (Phi) is 5.26. The largest absolute Gasteiger partial charge is 0.478 e. The maximum absolute atomic E-state index is 12.5. The Morgan fingerprint density at radius 1 is 1.30 bits per heavy atom. The molecule has 1 unspecified atom stereocenters. The van der Waals surface area contributed by atoms with Gasteiger partial charge in [0.25, 0.3) is 0 Å². The molecule has 1 aliphatic heterocycles. The molecule has 0 saturated carbocycles. The Hall–Kier alpha value is -2.08. The fourth-order valence-corrected chi connectivity index (χ4v) is 2.54. The number of hydrogen-bond acceptors (Lipinski definition) is 4. The van der Waals surface area contributed by atoms with Crippen molar-refractivity contribution in [1.29, 1.82) is 0 Å². The molecule has 1 aliphatic rings. The number of carbonyl (C=O) groups excluding carboxylic acids is 1. The molecule has 1 aromatic carbocycles. The van der Waals surface area contributed by atoms with Crippen molar-refractivity contribution < 1.29 is 24.2 Å². The fourth-order valence-electron chi connectivity index (χ4n) is 2.54. The van der Waals surface area contributed by atoms with Crippen LogP contribution in [0.5, 0.6) is 0 Å². The molecule has 6 nitrogen and oxygen atoms in total. The van der Waals surface area contributed by atoms with Gasteiger partial charge in [-0.2, -0.15) is 0 Å². The van der Waals surface area contributed by atoms with Crippen LogP contribution in [0.1, 0.15) is 49.2 Å². The highest BCUT2D eigenvalue weighted by Gasteiger charge is 2.31. The van der Waals surface area contributed by atoms with E-state index >= 15 is 0 Å². The second-order valence-corrected chi connectivity index (χ2v) is 6.52. The Balaban J connectivity index is 2.29. The van der Waals surface area contributed by atoms with E-state index in [0.29, 0.717) is 26.2 Å². The lowest BCUT2D eigenvalue weighted by atomic mass is 10.0. The normalized spacial score (nSPS) is 19.1. The van der Waals surface area contributed by atoms with Crippen LogP contribution in [-0.2, 0) is 9.47 Å². The highest BCUT2D eigenvalue weighted by Crippen LogP contribution is 2.28. The number of aromatic carboxylic acids is 1. The number of nitrogens with zero attached hydrogens (tertiary/aromatic N) is 1. The van der Waals surface area contributed by atoms with E-state index in [4.69, 9.17) is 14.6 Å². The Morgan fingerprint density at radius 2 is 2.04 bits per heavy atom. The zero-order valence-electron chi connectivity index (χ0n) is 13.7. The second kappa shape index (κ2) is 7.00. The van der Waals surface area contributed by atoms with E-state index in [-0.39, 0.29) is 11.6 Å². The first-order valence-corrected chi connectivity index (χ1v) is 7.68. The van der Waals surface area contributed by atoms with Crippen molar-refractivity contribution >= 4 is 12.1 Å². The van der Waals surface area contributed by atoms with Crippen LogP contribution in [0.2, 0.25) is 0 Å². The molecule has 1 fully saturated rings. The van der Waals surface area contributed by atoms with Crippen LogP contribution in [0.4, 0.5) is 4.79 Å². The van der Waals surface area contributed by atoms with Gasteiger partial charge < -0.3 is 14.6 Å². The predicted octanol–water partition coefficient (Wildman–Crippen LogP) is 3.08. The van der Waals surface area contributed by atoms with E-state index in [2.05, 4.69) is 0 Å². The lowest BCUT2D eigenvalue weighted by molar-refractivity contribution is 0.0159. The number of amides is 1. The maximum atomic E-state index is 12.5. The van der Waals surface area contributed by atoms with Gasteiger partial charge in [-0.05, 0) is 44.9 Å². The van der Waals surface area contributed by atoms with E-state index in [9.17, 15) is 9.59 Å². The molecule has 2 rings (SSSR count). The van der Waals surface area contributed by atoms with Crippen LogP contribution in [0.25, 0.3) is 0 Å². The van der Waals surface area contributed by atoms with Crippen molar-refractivity contribution in [2.24, 2.45) is 0 Å². The van der Waals surface area contributed by atoms with Crippen molar-refractivity contribution in [3.63, 3.8) is 0 Å². The van der Waals surface area contributed by atoms with Gasteiger partial charge in [0.15, 0.2) is 0 Å². The third-order valence-corrected chi connectivity index (χ3v) is 3.53. The lowest BCUT2D eigenvalue weighted by Crippen LogP contribution is -2.40. The van der Waals surface area contributed by atoms with Crippen LogP contribution in [-0.4, -0.2) is 47.4 Å². The monoisotopic (exact) mass is 321 g/mol. The van der Waals surface area contributed by atoms with Gasteiger partial charge in [-0.3, -0.25) is 4.90 Å². The molecule has 0 aromatic heterocycles. The molecule has 1 heterocycles. The Labute approximate surface area is 136 Å². The standard InChI is InChI=1S/C17H23NO5/c1-17(2,3)23-16(21)18-8-10-22-9-7-14(18)12-5-4-6-13(11-12)15(19)20/h4-6,11,14H,7-10H2,1-3H3,(H,19,20). The van der Waals surface area contributed by atoms with Crippen molar-refractivity contribution in [1.82, 2.24) is 4.90 Å². The first-order valence-electron chi connectivity index (χ1n) is 7.68. The van der Waals surface area contributed by atoms with Gasteiger partial charge in [0, 0.05) is 13.2 Å². The molecule has 126 valence electrons. The minimum absolute atomic E-state index is 0.205. The third-order valence-electron chi connectivity index (χ3n) is 3.53. The van der Waals surface area contributed by atoms with Gasteiger partial charge in [-0.15, -0.1) is 0 Å². The summed E-state index contributed by atoms with van der Waals surface area (Å²) in [7, 11) is 0. The molecule has 0 radical (unpaired) electrons. The quantitative estimate of drug-likeness (QED) is 0.906. The molecular weight excluding hydrogens is 298 g/mol. The molecule has 1 aromatic rings. The van der Waals surface area contributed by atoms with Gasteiger partial charge in [-0.1, -0.05) is 12.1 Å². The van der Waals surface area contributed by atoms with Crippen molar-refractivity contribution in [2.75, 3.05) is 19.8 Å². The number of carboxylic acids is 1. The molecule has 1 amide bonds. The Bertz CT molecular complexity index is 579. The highest BCUT2D eigenvalue weighted by molar-refractivity contribution is 5.87. The summed E-state index contributed by atoms with van der Waals surface area (Å²) in [5, 5.41) is 9.16. The molecule has 0 spiro atoms. The zero-order chi connectivity index (χ0) is 17.0. The predicted molar refractivity (Wildman–Crippen MR) is 84.5 cm³/mol. The SMILES string of the molecule is CC(C)(C)OC(=O)N1CCOCCC1c1cccc(C(=O)O)c1. The van der Waals surface area contributed by atoms with E-state index in [1.807, 2.05) is 26.8 Å². The molecule has 0 aliphatic carbocycles. The smallest absolute Gasteiger partial charge is 0.410 e. The van der Waals surface area contributed by atoms with Gasteiger partial charge in [0.2, 0.25) is 0 Å². The number of carbonyl (C=O) groups is 2. The molecular formula is C17H23NO5. The summed E-state index contributed by atoms with van der Waals surface area (Å²) in [4.78, 5) is 25.3. The molecule has 1 atom stereocenters. The van der Waals surface area contributed by atoms with Gasteiger partial charge in [-0.25, -0.2) is 9.59 Å². The summed E-state index contributed by atoms with van der Waals surface area (Å²) >= 11 is 0. The topological polar surface area (TPSA) is 76.1 Å². The number of benzene rings is 1. The molecule has 6 heteroatoms. The molecule has 23 heavy (non-hydrogen) atoms. The van der Waals surface area contributed by atoms with Crippen LogP contribution < -0.4 is 0 Å². The van der Waals surface area contributed by atoms with Gasteiger partial charge in [0.05, 0.1) is 18.2 Å². The summed E-state index contributed by atoms with van der Waals surface area (Å²) in [5.74, 6) is -0.986. The fraction of sp³-hybridized carbons (Fsp3) is 0.529. The van der Waals surface area contributed by atoms with Crippen LogP contribution in [0.3, 0.4) is 0 Å². The molecule has 0 bridgehead atoms. The number of carboxylic acid groups (broad SMARTS) is 1. The molecule has 1 N–H and O–H groups in total. The minimum Gasteiger partial charge on any atom is -0.478 e. The third kappa shape index (κ3) is 4.69. The average Bonchev–Trinajstić information content (AvgIpc) is 2.71. The molecule has 1 saturated heterocycles. The van der Waals surface area contributed by atoms with E-state index < -0.39 is 17.7 Å². The highest BCUT2D eigenvalue weighted by atomic mass is 16.6. The summed E-state index contributed by atoms with van der Waals surface area (Å²) in [5.41, 5.74) is 0.399. The van der Waals surface area contributed by atoms with Crippen LogP contribution >= 0.6 is 0 Å². The first-order chi connectivity index (χ1) is 10.8. The summed E-state index contributed by atoms with van der Waals surface area (Å²) < 4.78 is 10.9. The number of rotatable bonds is 2. The Morgan fingerprint density at radius 3 is 2.70 bits per heavy atom. The lowest BCUT2D eigenvalue weighted by Gasteiger charge is -2.32. The summed E-state index contributed by atoms with van der Waals surface area (Å²) in [6.45, 7) is 6.82. The van der Waals surface area contributed by atoms with Gasteiger partial charge in [0.1, 0.15) is 5.60 Å². The second-order valence-electron chi connectivity index (χ2n) is 6.52. The summed E-state index contributed by atoms with van der Waals surface area (Å²) in [6, 6.07) is 6.41.